The van der Waals surface area contributed by atoms with Crippen molar-refractivity contribution in [3.8, 4) is 0 Å². The summed E-state index contributed by atoms with van der Waals surface area (Å²) in [5.41, 5.74) is 0.798. The Morgan fingerprint density at radius 1 is 1.12 bits per heavy atom. The van der Waals surface area contributed by atoms with Crippen molar-refractivity contribution in [2.45, 2.75) is 31.6 Å². The molecule has 0 bridgehead atoms. The SMILES string of the molecule is O=C(CN(Cc1ccc(C(F)(F)F)cc1)C1CC1)Nc1ccccc1Br. The number of carbonyl (C=O) groups is 1. The third-order valence-electron chi connectivity index (χ3n) is 4.22. The van der Waals surface area contributed by atoms with E-state index in [1.54, 1.807) is 6.07 Å². The van der Waals surface area contributed by atoms with E-state index in [0.717, 1.165) is 35.0 Å². The Bertz CT molecular complexity index is 773. The van der Waals surface area contributed by atoms with Crippen molar-refractivity contribution < 1.29 is 18.0 Å². The normalized spacial score (nSPS) is 14.5. The number of carbonyl (C=O) groups excluding carboxylic acids is 1. The number of hydrogen-bond acceptors (Lipinski definition) is 2. The van der Waals surface area contributed by atoms with Gasteiger partial charge in [-0.2, -0.15) is 13.2 Å². The van der Waals surface area contributed by atoms with Crippen molar-refractivity contribution >= 4 is 27.5 Å². The quantitative estimate of drug-likeness (QED) is 0.698. The maximum atomic E-state index is 12.7. The van der Waals surface area contributed by atoms with Crippen LogP contribution in [0.3, 0.4) is 0 Å². The second kappa shape index (κ2) is 7.80. The van der Waals surface area contributed by atoms with E-state index in [2.05, 4.69) is 21.2 Å². The molecule has 1 amide bonds. The van der Waals surface area contributed by atoms with Crippen molar-refractivity contribution in [3.63, 3.8) is 0 Å². The van der Waals surface area contributed by atoms with Crippen LogP contribution in [0.15, 0.2) is 53.0 Å². The van der Waals surface area contributed by atoms with E-state index in [0.29, 0.717) is 18.3 Å². The summed E-state index contributed by atoms with van der Waals surface area (Å²) in [5.74, 6) is -0.143. The summed E-state index contributed by atoms with van der Waals surface area (Å²) >= 11 is 3.39. The summed E-state index contributed by atoms with van der Waals surface area (Å²) in [4.78, 5) is 14.4. The largest absolute Gasteiger partial charge is 0.416 e. The highest BCUT2D eigenvalue weighted by molar-refractivity contribution is 9.10. The van der Waals surface area contributed by atoms with Gasteiger partial charge in [-0.25, -0.2) is 0 Å². The molecule has 0 unspecified atom stereocenters. The third kappa shape index (κ3) is 5.08. The van der Waals surface area contributed by atoms with Crippen LogP contribution in [0.25, 0.3) is 0 Å². The second-order valence-electron chi connectivity index (χ2n) is 6.36. The van der Waals surface area contributed by atoms with E-state index in [-0.39, 0.29) is 12.5 Å². The molecule has 1 aliphatic carbocycles. The molecule has 0 radical (unpaired) electrons. The van der Waals surface area contributed by atoms with Crippen molar-refractivity contribution in [1.82, 2.24) is 4.90 Å². The van der Waals surface area contributed by atoms with Crippen molar-refractivity contribution in [1.29, 1.82) is 0 Å². The van der Waals surface area contributed by atoms with Crippen molar-refractivity contribution in [2.24, 2.45) is 0 Å². The lowest BCUT2D eigenvalue weighted by Crippen LogP contribution is -2.34. The molecule has 3 nitrogen and oxygen atoms in total. The van der Waals surface area contributed by atoms with Crippen LogP contribution in [-0.2, 0) is 17.5 Å². The van der Waals surface area contributed by atoms with Crippen LogP contribution in [0, 0.1) is 0 Å². The number of para-hydroxylation sites is 1. The first-order chi connectivity index (χ1) is 12.3. The molecule has 0 heterocycles. The molecule has 1 N–H and O–H groups in total. The molecule has 7 heteroatoms. The average Bonchev–Trinajstić information content (AvgIpc) is 3.41. The van der Waals surface area contributed by atoms with Crippen LogP contribution in [0.2, 0.25) is 0 Å². The Kier molecular flexibility index (Phi) is 5.67. The van der Waals surface area contributed by atoms with Crippen LogP contribution < -0.4 is 5.32 Å². The molecule has 1 saturated carbocycles. The summed E-state index contributed by atoms with van der Waals surface area (Å²) < 4.78 is 38.8. The minimum atomic E-state index is -4.34. The molecule has 2 aromatic carbocycles. The molecule has 138 valence electrons. The highest BCUT2D eigenvalue weighted by atomic mass is 79.9. The van der Waals surface area contributed by atoms with Gasteiger partial charge in [0.1, 0.15) is 0 Å². The van der Waals surface area contributed by atoms with Crippen LogP contribution in [0.1, 0.15) is 24.0 Å². The van der Waals surface area contributed by atoms with Gasteiger partial charge in [-0.05, 0) is 58.6 Å². The predicted molar refractivity (Wildman–Crippen MR) is 97.6 cm³/mol. The molecular formula is C19H18BrF3N2O. The first kappa shape index (κ1) is 18.9. The molecule has 1 aliphatic rings. The van der Waals surface area contributed by atoms with Gasteiger partial charge in [-0.3, -0.25) is 9.69 Å². The fourth-order valence-corrected chi connectivity index (χ4v) is 3.11. The fraction of sp³-hybridized carbons (Fsp3) is 0.316. The van der Waals surface area contributed by atoms with Crippen LogP contribution in [-0.4, -0.2) is 23.4 Å². The van der Waals surface area contributed by atoms with Crippen molar-refractivity contribution in [2.75, 3.05) is 11.9 Å². The number of amides is 1. The van der Waals surface area contributed by atoms with E-state index in [4.69, 9.17) is 0 Å². The number of rotatable bonds is 6. The zero-order chi connectivity index (χ0) is 18.7. The van der Waals surface area contributed by atoms with Gasteiger partial charge in [-0.1, -0.05) is 24.3 Å². The van der Waals surface area contributed by atoms with E-state index in [9.17, 15) is 18.0 Å². The standard InChI is InChI=1S/C19H18BrF3N2O/c20-16-3-1-2-4-17(16)24-18(26)12-25(15-9-10-15)11-13-5-7-14(8-6-13)19(21,22)23/h1-8,15H,9-12H2,(H,24,26). The van der Waals surface area contributed by atoms with Crippen LogP contribution >= 0.6 is 15.9 Å². The smallest absolute Gasteiger partial charge is 0.324 e. The number of anilines is 1. The monoisotopic (exact) mass is 426 g/mol. The lowest BCUT2D eigenvalue weighted by molar-refractivity contribution is -0.137. The molecule has 0 saturated heterocycles. The highest BCUT2D eigenvalue weighted by Crippen LogP contribution is 2.31. The van der Waals surface area contributed by atoms with E-state index < -0.39 is 11.7 Å². The van der Waals surface area contributed by atoms with Gasteiger partial charge < -0.3 is 5.32 Å². The Hall–Kier alpha value is -1.86. The van der Waals surface area contributed by atoms with Gasteiger partial charge in [0.15, 0.2) is 0 Å². The average molecular weight is 427 g/mol. The molecule has 0 spiro atoms. The van der Waals surface area contributed by atoms with Gasteiger partial charge in [0.05, 0.1) is 17.8 Å². The Balaban J connectivity index is 1.63. The maximum absolute atomic E-state index is 12.7. The summed E-state index contributed by atoms with van der Waals surface area (Å²) in [6.07, 6.45) is -2.33. The Labute approximate surface area is 158 Å². The van der Waals surface area contributed by atoms with Gasteiger partial charge in [0.25, 0.3) is 0 Å². The molecule has 0 aromatic heterocycles. The van der Waals surface area contributed by atoms with Gasteiger partial charge in [0, 0.05) is 17.1 Å². The van der Waals surface area contributed by atoms with Crippen molar-refractivity contribution in [3.05, 3.63) is 64.1 Å². The lowest BCUT2D eigenvalue weighted by Gasteiger charge is -2.22. The number of hydrogen-bond donors (Lipinski definition) is 1. The first-order valence-corrected chi connectivity index (χ1v) is 9.07. The summed E-state index contributed by atoms with van der Waals surface area (Å²) in [6, 6.07) is 12.8. The van der Waals surface area contributed by atoms with Crippen LogP contribution in [0.4, 0.5) is 18.9 Å². The second-order valence-corrected chi connectivity index (χ2v) is 7.21. The molecule has 1 fully saturated rings. The minimum Gasteiger partial charge on any atom is -0.324 e. The van der Waals surface area contributed by atoms with Gasteiger partial charge >= 0.3 is 6.18 Å². The summed E-state index contributed by atoms with van der Waals surface area (Å²) in [7, 11) is 0. The number of nitrogens with zero attached hydrogens (tertiary/aromatic N) is 1. The topological polar surface area (TPSA) is 32.3 Å². The zero-order valence-corrected chi connectivity index (χ0v) is 15.5. The number of benzene rings is 2. The van der Waals surface area contributed by atoms with E-state index in [1.807, 2.05) is 23.1 Å². The van der Waals surface area contributed by atoms with Gasteiger partial charge in [0.2, 0.25) is 5.91 Å². The summed E-state index contributed by atoms with van der Waals surface area (Å²) in [6.45, 7) is 0.652. The van der Waals surface area contributed by atoms with Crippen LogP contribution in [0.5, 0.6) is 0 Å². The highest BCUT2D eigenvalue weighted by Gasteiger charge is 2.32. The molecule has 0 atom stereocenters. The minimum absolute atomic E-state index is 0.143. The number of nitrogens with one attached hydrogen (secondary N) is 1. The maximum Gasteiger partial charge on any atom is 0.416 e. The Morgan fingerprint density at radius 2 is 1.77 bits per heavy atom. The van der Waals surface area contributed by atoms with E-state index in [1.165, 1.54) is 12.1 Å². The van der Waals surface area contributed by atoms with E-state index >= 15 is 0 Å². The zero-order valence-electron chi connectivity index (χ0n) is 13.9. The van der Waals surface area contributed by atoms with Gasteiger partial charge in [-0.15, -0.1) is 0 Å². The predicted octanol–water partition coefficient (Wildman–Crippen LogP) is 5.07. The fourth-order valence-electron chi connectivity index (χ4n) is 2.72. The first-order valence-electron chi connectivity index (χ1n) is 8.27. The number of halogens is 4. The molecule has 0 aliphatic heterocycles. The number of alkyl halides is 3. The molecule has 26 heavy (non-hydrogen) atoms. The third-order valence-corrected chi connectivity index (χ3v) is 4.92. The molecule has 2 aromatic rings. The lowest BCUT2D eigenvalue weighted by atomic mass is 10.1. The molecular weight excluding hydrogens is 409 g/mol. The summed E-state index contributed by atoms with van der Waals surface area (Å²) in [5, 5.41) is 2.86. The molecule has 3 rings (SSSR count). The Morgan fingerprint density at radius 3 is 2.35 bits per heavy atom.